The van der Waals surface area contributed by atoms with Crippen molar-refractivity contribution in [1.29, 1.82) is 0 Å². The predicted molar refractivity (Wildman–Crippen MR) is 51.6 cm³/mol. The van der Waals surface area contributed by atoms with Gasteiger partial charge in [0, 0.05) is 32.1 Å². The van der Waals surface area contributed by atoms with Crippen LogP contribution in [-0.2, 0) is 11.3 Å². The molecule has 4 nitrogen and oxygen atoms in total. The first-order valence-electron chi connectivity index (χ1n) is 4.98. The Balaban J connectivity index is 1.92. The van der Waals surface area contributed by atoms with Crippen molar-refractivity contribution in [3.63, 3.8) is 0 Å². The molecule has 2 rings (SSSR count). The summed E-state index contributed by atoms with van der Waals surface area (Å²) >= 11 is 0. The van der Waals surface area contributed by atoms with Gasteiger partial charge >= 0.3 is 0 Å². The highest BCUT2D eigenvalue weighted by Gasteiger charge is 2.11. The summed E-state index contributed by atoms with van der Waals surface area (Å²) < 4.78 is 5.29. The molecule has 1 aromatic rings. The summed E-state index contributed by atoms with van der Waals surface area (Å²) in [6.45, 7) is 6.67. The summed E-state index contributed by atoms with van der Waals surface area (Å²) in [6.07, 6.45) is 3.96. The highest BCUT2D eigenvalue weighted by molar-refractivity contribution is 5.00. The van der Waals surface area contributed by atoms with Crippen molar-refractivity contribution in [3.8, 4) is 0 Å². The molecule has 0 aliphatic carbocycles. The number of morpholine rings is 1. The van der Waals surface area contributed by atoms with E-state index in [1.807, 2.05) is 19.3 Å². The Kier molecular flexibility index (Phi) is 3.06. The van der Waals surface area contributed by atoms with E-state index in [0.29, 0.717) is 0 Å². The van der Waals surface area contributed by atoms with E-state index in [0.717, 1.165) is 38.7 Å². The average molecular weight is 194 g/mol. The van der Waals surface area contributed by atoms with Gasteiger partial charge in [-0.25, -0.2) is 4.98 Å². The normalized spacial score (nSPS) is 18.4. The van der Waals surface area contributed by atoms with Gasteiger partial charge in [-0.2, -0.15) is 0 Å². The van der Waals surface area contributed by atoms with E-state index in [1.165, 1.54) is 5.56 Å². The van der Waals surface area contributed by atoms with Crippen LogP contribution < -0.4 is 4.98 Å². The zero-order valence-electron chi connectivity index (χ0n) is 8.49. The van der Waals surface area contributed by atoms with Crippen molar-refractivity contribution >= 4 is 0 Å². The van der Waals surface area contributed by atoms with Crippen LogP contribution in [0.4, 0.5) is 0 Å². The summed E-state index contributed by atoms with van der Waals surface area (Å²) in [6, 6.07) is 0. The zero-order chi connectivity index (χ0) is 9.80. The van der Waals surface area contributed by atoms with Crippen molar-refractivity contribution in [2.75, 3.05) is 26.3 Å². The summed E-state index contributed by atoms with van der Waals surface area (Å²) in [4.78, 5) is 9.73. The van der Waals surface area contributed by atoms with E-state index in [9.17, 15) is 0 Å². The molecule has 0 atom stereocenters. The summed E-state index contributed by atoms with van der Waals surface area (Å²) in [5, 5.41) is 0. The van der Waals surface area contributed by atoms with E-state index < -0.39 is 0 Å². The topological polar surface area (TPSA) is 39.5 Å². The lowest BCUT2D eigenvalue weighted by Gasteiger charge is -2.25. The molecule has 76 valence electrons. The lowest BCUT2D eigenvalue weighted by atomic mass is 10.3. The van der Waals surface area contributed by atoms with Gasteiger partial charge in [0.2, 0.25) is 0 Å². The van der Waals surface area contributed by atoms with Crippen LogP contribution in [0.1, 0.15) is 11.4 Å². The largest absolute Gasteiger partial charge is 0.379 e. The summed E-state index contributed by atoms with van der Waals surface area (Å²) in [5.74, 6) is 0.954. The third-order valence-electron chi connectivity index (χ3n) is 2.40. The van der Waals surface area contributed by atoms with E-state index in [-0.39, 0.29) is 0 Å². The second-order valence-electron chi connectivity index (χ2n) is 3.60. The van der Waals surface area contributed by atoms with Gasteiger partial charge in [-0.3, -0.25) is 4.90 Å². The van der Waals surface area contributed by atoms with Crippen molar-refractivity contribution in [1.82, 2.24) is 9.88 Å². The quantitative estimate of drug-likeness (QED) is 0.667. The first kappa shape index (κ1) is 9.55. The van der Waals surface area contributed by atoms with Gasteiger partial charge < -0.3 is 4.74 Å². The Labute approximate surface area is 83.9 Å². The minimum absolute atomic E-state index is 0.850. The molecule has 1 aliphatic heterocycles. The van der Waals surface area contributed by atoms with E-state index in [4.69, 9.17) is 4.74 Å². The molecule has 0 spiro atoms. The number of nitrogens with zero attached hydrogens (tertiary/aromatic N) is 2. The zero-order valence-corrected chi connectivity index (χ0v) is 8.49. The highest BCUT2D eigenvalue weighted by Crippen LogP contribution is 2.03. The molecule has 0 amide bonds. The van der Waals surface area contributed by atoms with E-state index >= 15 is 0 Å². The monoisotopic (exact) mass is 194 g/mol. The number of H-pyrrole nitrogens is 1. The molecule has 1 aromatic heterocycles. The van der Waals surface area contributed by atoms with Crippen LogP contribution in [0.3, 0.4) is 0 Å². The van der Waals surface area contributed by atoms with Crippen molar-refractivity contribution in [3.05, 3.63) is 23.8 Å². The molecule has 0 bridgehead atoms. The van der Waals surface area contributed by atoms with Crippen LogP contribution in [0.2, 0.25) is 0 Å². The second-order valence-corrected chi connectivity index (χ2v) is 3.60. The molecule has 0 aromatic carbocycles. The van der Waals surface area contributed by atoms with Crippen LogP contribution >= 0.6 is 0 Å². The molecule has 4 heteroatoms. The lowest BCUT2D eigenvalue weighted by Crippen LogP contribution is -2.36. The third kappa shape index (κ3) is 2.49. The Hall–Kier alpha value is -1.00. The number of hydrogen-bond donors (Lipinski definition) is 0. The van der Waals surface area contributed by atoms with Crippen LogP contribution in [0, 0.1) is 6.92 Å². The predicted octanol–water partition coefficient (Wildman–Crippen LogP) is 0.0363. The third-order valence-corrected chi connectivity index (χ3v) is 2.40. The minimum Gasteiger partial charge on any atom is -0.379 e. The Bertz CT molecular complexity index is 280. The molecule has 0 saturated carbocycles. The number of aryl methyl sites for hydroxylation is 1. The van der Waals surface area contributed by atoms with E-state index in [2.05, 4.69) is 14.9 Å². The fraction of sp³-hybridized carbons (Fsp3) is 0.600. The lowest BCUT2D eigenvalue weighted by molar-refractivity contribution is -0.393. The Morgan fingerprint density at radius 1 is 1.50 bits per heavy atom. The van der Waals surface area contributed by atoms with Crippen molar-refractivity contribution < 1.29 is 9.72 Å². The molecule has 1 fully saturated rings. The number of nitrogens with one attached hydrogen (secondary N) is 1. The summed E-state index contributed by atoms with van der Waals surface area (Å²) in [5.41, 5.74) is 1.23. The van der Waals surface area contributed by atoms with E-state index in [1.54, 1.807) is 0 Å². The molecule has 1 N–H and O–H groups in total. The van der Waals surface area contributed by atoms with Gasteiger partial charge in [0.05, 0.1) is 19.4 Å². The summed E-state index contributed by atoms with van der Waals surface area (Å²) in [7, 11) is 0. The fourth-order valence-corrected chi connectivity index (χ4v) is 1.56. The smallest absolute Gasteiger partial charge is 0.292 e. The van der Waals surface area contributed by atoms with Gasteiger partial charge in [0.15, 0.2) is 0 Å². The number of ether oxygens (including phenoxy) is 1. The van der Waals surface area contributed by atoms with Gasteiger partial charge in [-0.1, -0.05) is 4.98 Å². The van der Waals surface area contributed by atoms with Crippen molar-refractivity contribution in [2.24, 2.45) is 0 Å². The number of aromatic amines is 1. The van der Waals surface area contributed by atoms with Gasteiger partial charge in [-0.15, -0.1) is 0 Å². The number of hydrogen-bond acceptors (Lipinski definition) is 3. The molecule has 1 saturated heterocycles. The maximum absolute atomic E-state index is 5.29. The molecular weight excluding hydrogens is 178 g/mol. The number of aromatic nitrogens is 2. The maximum Gasteiger partial charge on any atom is 0.292 e. The minimum atomic E-state index is 0.850. The second kappa shape index (κ2) is 4.48. The number of rotatable bonds is 2. The first-order valence-corrected chi connectivity index (χ1v) is 4.98. The van der Waals surface area contributed by atoms with Crippen LogP contribution in [0.25, 0.3) is 0 Å². The Morgan fingerprint density at radius 3 is 2.93 bits per heavy atom. The van der Waals surface area contributed by atoms with Gasteiger partial charge in [-0.05, 0) is 0 Å². The molecule has 0 radical (unpaired) electrons. The molecule has 0 unspecified atom stereocenters. The highest BCUT2D eigenvalue weighted by atomic mass is 16.5. The molecule has 1 aliphatic rings. The maximum atomic E-state index is 5.29. The average Bonchev–Trinajstić information content (AvgIpc) is 2.23. The van der Waals surface area contributed by atoms with Crippen LogP contribution in [0.5, 0.6) is 0 Å². The SMILES string of the molecule is Cc1ncc(CN2CCOCC2)c[nH+]1. The molecule has 2 heterocycles. The van der Waals surface area contributed by atoms with Crippen molar-refractivity contribution in [2.45, 2.75) is 13.5 Å². The standard InChI is InChI=1S/C10H15N3O/c1-9-11-6-10(7-12-9)8-13-2-4-14-5-3-13/h6-7H,2-5,8H2,1H3/p+1. The van der Waals surface area contributed by atoms with Gasteiger partial charge in [0.1, 0.15) is 6.20 Å². The molecular formula is C10H16N3O+. The first-order chi connectivity index (χ1) is 6.84. The Morgan fingerprint density at radius 2 is 2.29 bits per heavy atom. The van der Waals surface area contributed by atoms with Crippen LogP contribution in [0.15, 0.2) is 12.4 Å². The van der Waals surface area contributed by atoms with Crippen LogP contribution in [-0.4, -0.2) is 36.2 Å². The fourth-order valence-electron chi connectivity index (χ4n) is 1.56. The van der Waals surface area contributed by atoms with Gasteiger partial charge in [0.25, 0.3) is 5.82 Å². The molecule has 14 heavy (non-hydrogen) atoms.